The Balaban J connectivity index is 2.15. The number of aromatic nitrogens is 2. The van der Waals surface area contributed by atoms with Gasteiger partial charge in [0.2, 0.25) is 5.91 Å². The molecule has 1 N–H and O–H groups in total. The van der Waals surface area contributed by atoms with Crippen molar-refractivity contribution in [2.45, 2.75) is 45.2 Å². The maximum Gasteiger partial charge on any atom is 0.222 e. The number of hydrogen-bond donors (Lipinski definition) is 1. The summed E-state index contributed by atoms with van der Waals surface area (Å²) in [5.41, 5.74) is 1.73. The third-order valence-electron chi connectivity index (χ3n) is 2.93. The molecule has 1 aromatic heterocycles. The number of amides is 1. The summed E-state index contributed by atoms with van der Waals surface area (Å²) in [4.78, 5) is 16.4. The molecule has 1 amide bonds. The van der Waals surface area contributed by atoms with E-state index >= 15 is 0 Å². The normalized spacial score (nSPS) is 11.8. The van der Waals surface area contributed by atoms with Crippen molar-refractivity contribution >= 4 is 28.5 Å². The van der Waals surface area contributed by atoms with E-state index in [1.54, 1.807) is 0 Å². The maximum atomic E-state index is 11.9. The number of carbonyl (C=O) groups excluding carboxylic acids is 1. The number of nitrogens with one attached hydrogen (secondary N) is 1. The molecule has 4 nitrogen and oxygen atoms in total. The van der Waals surface area contributed by atoms with Crippen LogP contribution in [0.25, 0.3) is 11.0 Å². The fourth-order valence-corrected chi connectivity index (χ4v) is 2.38. The molecule has 5 heteroatoms. The summed E-state index contributed by atoms with van der Waals surface area (Å²) in [6.07, 6.45) is 0.418. The van der Waals surface area contributed by atoms with Gasteiger partial charge in [-0.2, -0.15) is 0 Å². The first-order chi connectivity index (χ1) is 9.40. The average molecular weight is 294 g/mol. The zero-order valence-corrected chi connectivity index (χ0v) is 12.9. The molecule has 1 heterocycles. The van der Waals surface area contributed by atoms with Crippen LogP contribution in [0.4, 0.5) is 0 Å². The lowest BCUT2D eigenvalue weighted by molar-refractivity contribution is -0.122. The SMILES string of the molecule is CC(C)(C)NC(=O)CCn1c(CCl)nc2ccccc21. The molecule has 0 unspecified atom stereocenters. The first kappa shape index (κ1) is 14.9. The molecule has 1 aromatic carbocycles. The number of alkyl halides is 1. The lowest BCUT2D eigenvalue weighted by Crippen LogP contribution is -2.40. The molecule has 0 fully saturated rings. The minimum atomic E-state index is -0.205. The van der Waals surface area contributed by atoms with Crippen molar-refractivity contribution in [3.05, 3.63) is 30.1 Å². The second-order valence-electron chi connectivity index (χ2n) is 5.85. The monoisotopic (exact) mass is 293 g/mol. The van der Waals surface area contributed by atoms with Crippen LogP contribution in [0, 0.1) is 0 Å². The molecule has 0 aliphatic rings. The third-order valence-corrected chi connectivity index (χ3v) is 3.17. The smallest absolute Gasteiger partial charge is 0.222 e. The highest BCUT2D eigenvalue weighted by Crippen LogP contribution is 2.17. The van der Waals surface area contributed by atoms with E-state index in [0.717, 1.165) is 16.9 Å². The number of halogens is 1. The van der Waals surface area contributed by atoms with E-state index in [1.165, 1.54) is 0 Å². The highest BCUT2D eigenvalue weighted by atomic mass is 35.5. The Labute approximate surface area is 124 Å². The number of carbonyl (C=O) groups is 1. The Morgan fingerprint density at radius 2 is 2.05 bits per heavy atom. The van der Waals surface area contributed by atoms with Gasteiger partial charge < -0.3 is 9.88 Å². The van der Waals surface area contributed by atoms with Crippen LogP contribution in [-0.4, -0.2) is 21.0 Å². The molecule has 0 spiro atoms. The Hall–Kier alpha value is -1.55. The van der Waals surface area contributed by atoms with Crippen LogP contribution in [0.15, 0.2) is 24.3 Å². The zero-order chi connectivity index (χ0) is 14.8. The van der Waals surface area contributed by atoms with Gasteiger partial charge in [0.25, 0.3) is 0 Å². The molecule has 0 atom stereocenters. The minimum absolute atomic E-state index is 0.0378. The highest BCUT2D eigenvalue weighted by molar-refractivity contribution is 6.16. The van der Waals surface area contributed by atoms with Crippen molar-refractivity contribution in [3.63, 3.8) is 0 Å². The third kappa shape index (κ3) is 3.51. The van der Waals surface area contributed by atoms with Gasteiger partial charge in [0.15, 0.2) is 0 Å². The van der Waals surface area contributed by atoms with E-state index in [4.69, 9.17) is 11.6 Å². The fourth-order valence-electron chi connectivity index (χ4n) is 2.17. The summed E-state index contributed by atoms with van der Waals surface area (Å²) >= 11 is 5.94. The van der Waals surface area contributed by atoms with E-state index in [1.807, 2.05) is 49.6 Å². The number of benzene rings is 1. The number of aryl methyl sites for hydroxylation is 1. The van der Waals surface area contributed by atoms with Crippen LogP contribution in [0.2, 0.25) is 0 Å². The maximum absolute atomic E-state index is 11.9. The predicted octanol–water partition coefficient (Wildman–Crippen LogP) is 3.08. The molecule has 0 aliphatic carbocycles. The van der Waals surface area contributed by atoms with Gasteiger partial charge >= 0.3 is 0 Å². The first-order valence-corrected chi connectivity index (χ1v) is 7.25. The summed E-state index contributed by atoms with van der Waals surface area (Å²) < 4.78 is 2.02. The molecule has 0 bridgehead atoms. The second kappa shape index (κ2) is 5.83. The van der Waals surface area contributed by atoms with Crippen molar-refractivity contribution in [1.29, 1.82) is 0 Å². The van der Waals surface area contributed by atoms with Gasteiger partial charge in [-0.05, 0) is 32.9 Å². The van der Waals surface area contributed by atoms with Gasteiger partial charge in [-0.3, -0.25) is 4.79 Å². The van der Waals surface area contributed by atoms with Crippen LogP contribution < -0.4 is 5.32 Å². The Kier molecular flexibility index (Phi) is 4.33. The summed E-state index contributed by atoms with van der Waals surface area (Å²) in [6.45, 7) is 6.51. The number of hydrogen-bond acceptors (Lipinski definition) is 2. The molecule has 2 aromatic rings. The van der Waals surface area contributed by atoms with Crippen LogP contribution in [-0.2, 0) is 17.2 Å². The lowest BCUT2D eigenvalue weighted by Gasteiger charge is -2.20. The van der Waals surface area contributed by atoms with E-state index in [0.29, 0.717) is 18.8 Å². The lowest BCUT2D eigenvalue weighted by atomic mass is 10.1. The zero-order valence-electron chi connectivity index (χ0n) is 12.1. The Morgan fingerprint density at radius 3 is 2.70 bits per heavy atom. The first-order valence-electron chi connectivity index (χ1n) is 6.72. The van der Waals surface area contributed by atoms with E-state index < -0.39 is 0 Å². The van der Waals surface area contributed by atoms with Gasteiger partial charge in [0.05, 0.1) is 16.9 Å². The van der Waals surface area contributed by atoms with Crippen LogP contribution in [0.5, 0.6) is 0 Å². The summed E-state index contributed by atoms with van der Waals surface area (Å²) in [5.74, 6) is 1.18. The summed E-state index contributed by atoms with van der Waals surface area (Å²) in [5, 5.41) is 2.96. The van der Waals surface area contributed by atoms with Gasteiger partial charge in [-0.15, -0.1) is 11.6 Å². The van der Waals surface area contributed by atoms with E-state index in [9.17, 15) is 4.79 Å². The molecular formula is C15H20ClN3O. The topological polar surface area (TPSA) is 46.9 Å². The predicted molar refractivity (Wildman–Crippen MR) is 81.8 cm³/mol. The molecule has 0 saturated heterocycles. The van der Waals surface area contributed by atoms with E-state index in [2.05, 4.69) is 10.3 Å². The molecule has 0 radical (unpaired) electrons. The fraction of sp³-hybridized carbons (Fsp3) is 0.467. The van der Waals surface area contributed by atoms with Gasteiger partial charge in [-0.1, -0.05) is 12.1 Å². The number of imidazole rings is 1. The molecule has 0 saturated carbocycles. The van der Waals surface area contributed by atoms with Crippen molar-refractivity contribution in [2.75, 3.05) is 0 Å². The standard InChI is InChI=1S/C15H20ClN3O/c1-15(2,3)18-14(20)8-9-19-12-7-5-4-6-11(12)17-13(19)10-16/h4-7H,8-10H2,1-3H3,(H,18,20). The molecule has 20 heavy (non-hydrogen) atoms. The van der Waals surface area contributed by atoms with Crippen LogP contribution >= 0.6 is 11.6 Å². The van der Waals surface area contributed by atoms with Crippen molar-refractivity contribution in [3.8, 4) is 0 Å². The van der Waals surface area contributed by atoms with Crippen molar-refractivity contribution in [1.82, 2.24) is 14.9 Å². The van der Waals surface area contributed by atoms with Gasteiger partial charge in [0.1, 0.15) is 5.82 Å². The van der Waals surface area contributed by atoms with E-state index in [-0.39, 0.29) is 11.4 Å². The largest absolute Gasteiger partial charge is 0.351 e. The number of nitrogens with zero attached hydrogens (tertiary/aromatic N) is 2. The van der Waals surface area contributed by atoms with Crippen molar-refractivity contribution < 1.29 is 4.79 Å². The molecule has 108 valence electrons. The van der Waals surface area contributed by atoms with Gasteiger partial charge in [-0.25, -0.2) is 4.98 Å². The Morgan fingerprint density at radius 1 is 1.35 bits per heavy atom. The quantitative estimate of drug-likeness (QED) is 0.881. The van der Waals surface area contributed by atoms with Crippen LogP contribution in [0.3, 0.4) is 0 Å². The van der Waals surface area contributed by atoms with Gasteiger partial charge in [0, 0.05) is 18.5 Å². The summed E-state index contributed by atoms with van der Waals surface area (Å²) in [7, 11) is 0. The minimum Gasteiger partial charge on any atom is -0.351 e. The summed E-state index contributed by atoms with van der Waals surface area (Å²) in [6, 6.07) is 7.87. The number of fused-ring (bicyclic) bond motifs is 1. The average Bonchev–Trinajstić information content (AvgIpc) is 2.72. The van der Waals surface area contributed by atoms with Crippen LogP contribution in [0.1, 0.15) is 33.0 Å². The van der Waals surface area contributed by atoms with Crippen molar-refractivity contribution in [2.24, 2.45) is 0 Å². The second-order valence-corrected chi connectivity index (χ2v) is 6.12. The number of para-hydroxylation sites is 2. The highest BCUT2D eigenvalue weighted by Gasteiger charge is 2.15. The molecule has 2 rings (SSSR count). The number of rotatable bonds is 4. The molecule has 0 aliphatic heterocycles. The molecular weight excluding hydrogens is 274 g/mol. The Bertz CT molecular complexity index is 613.